The van der Waals surface area contributed by atoms with Gasteiger partial charge in [0.2, 0.25) is 0 Å². The van der Waals surface area contributed by atoms with E-state index in [0.717, 1.165) is 50.0 Å². The van der Waals surface area contributed by atoms with E-state index in [2.05, 4.69) is 10.1 Å². The monoisotopic (exact) mass is 364 g/mol. The number of imidazole rings is 1. The van der Waals surface area contributed by atoms with Crippen LogP contribution in [0, 0.1) is 0 Å². The minimum atomic E-state index is -0.0366. The van der Waals surface area contributed by atoms with Crippen LogP contribution in [-0.2, 0) is 13.5 Å². The predicted molar refractivity (Wildman–Crippen MR) is 102 cm³/mol. The molecule has 0 spiro atoms. The average molecular weight is 364 g/mol. The van der Waals surface area contributed by atoms with Gasteiger partial charge in [0, 0.05) is 50.1 Å². The molecule has 1 fully saturated rings. The number of aromatic nitrogens is 3. The Morgan fingerprint density at radius 1 is 1.26 bits per heavy atom. The number of nitrogens with zero attached hydrogens (tertiary/aromatic N) is 4. The first-order valence-electron chi connectivity index (χ1n) is 9.51. The van der Waals surface area contributed by atoms with Crippen LogP contribution >= 0.6 is 0 Å². The highest BCUT2D eigenvalue weighted by Crippen LogP contribution is 2.25. The number of hydrogen-bond acceptors (Lipinski definition) is 4. The Balaban J connectivity index is 1.47. The van der Waals surface area contributed by atoms with E-state index in [1.54, 1.807) is 6.07 Å². The highest BCUT2D eigenvalue weighted by atomic mass is 16.5. The van der Waals surface area contributed by atoms with Crippen molar-refractivity contribution in [2.45, 2.75) is 38.1 Å². The number of piperidine rings is 1. The molecule has 6 nitrogen and oxygen atoms in total. The van der Waals surface area contributed by atoms with Gasteiger partial charge in [-0.05, 0) is 25.7 Å². The van der Waals surface area contributed by atoms with Crippen molar-refractivity contribution in [3.63, 3.8) is 0 Å². The molecular formula is C21H24N4O2. The Hall–Kier alpha value is -2.89. The van der Waals surface area contributed by atoms with Gasteiger partial charge in [-0.3, -0.25) is 4.79 Å². The Labute approximate surface area is 158 Å². The second-order valence-corrected chi connectivity index (χ2v) is 7.08. The normalized spacial score (nSPS) is 17.2. The number of amides is 1. The van der Waals surface area contributed by atoms with E-state index in [1.807, 2.05) is 59.2 Å². The van der Waals surface area contributed by atoms with E-state index in [4.69, 9.17) is 4.52 Å². The van der Waals surface area contributed by atoms with Crippen molar-refractivity contribution in [2.75, 3.05) is 6.54 Å². The van der Waals surface area contributed by atoms with Crippen LogP contribution in [0.15, 0.2) is 53.3 Å². The minimum Gasteiger partial charge on any atom is -0.355 e. The number of carbonyl (C=O) groups excluding carboxylic acids is 1. The van der Waals surface area contributed by atoms with Crippen LogP contribution < -0.4 is 0 Å². The molecule has 27 heavy (non-hydrogen) atoms. The molecule has 1 aromatic carbocycles. The molecule has 3 aromatic rings. The second kappa shape index (κ2) is 7.78. The van der Waals surface area contributed by atoms with Gasteiger partial charge in [0.1, 0.15) is 5.82 Å². The molecule has 1 atom stereocenters. The van der Waals surface area contributed by atoms with Crippen LogP contribution in [0.5, 0.6) is 0 Å². The topological polar surface area (TPSA) is 64.2 Å². The molecule has 1 aliphatic rings. The molecule has 1 amide bonds. The van der Waals surface area contributed by atoms with Crippen LogP contribution in [0.2, 0.25) is 0 Å². The maximum atomic E-state index is 13.1. The van der Waals surface area contributed by atoms with E-state index in [9.17, 15) is 4.79 Å². The first-order valence-corrected chi connectivity index (χ1v) is 9.51. The van der Waals surface area contributed by atoms with Gasteiger partial charge in [0.25, 0.3) is 5.91 Å². The molecule has 0 saturated carbocycles. The third-order valence-electron chi connectivity index (χ3n) is 5.30. The summed E-state index contributed by atoms with van der Waals surface area (Å²) in [5.41, 5.74) is 1.31. The Morgan fingerprint density at radius 3 is 2.89 bits per heavy atom. The SMILES string of the molecule is Cn1ccnc1CC[C@@H]1CCCCN1C(=O)c1cc(-c2ccccc2)on1. The molecule has 0 radical (unpaired) electrons. The lowest BCUT2D eigenvalue weighted by atomic mass is 9.97. The zero-order valence-electron chi connectivity index (χ0n) is 15.5. The van der Waals surface area contributed by atoms with Crippen molar-refractivity contribution in [3.8, 4) is 11.3 Å². The maximum Gasteiger partial charge on any atom is 0.276 e. The zero-order valence-corrected chi connectivity index (χ0v) is 15.5. The number of aryl methyl sites for hydroxylation is 2. The lowest BCUT2D eigenvalue weighted by molar-refractivity contribution is 0.0590. The van der Waals surface area contributed by atoms with Gasteiger partial charge in [-0.15, -0.1) is 0 Å². The number of carbonyl (C=O) groups is 1. The van der Waals surface area contributed by atoms with Gasteiger partial charge in [-0.1, -0.05) is 35.5 Å². The zero-order chi connectivity index (χ0) is 18.6. The van der Waals surface area contributed by atoms with E-state index < -0.39 is 0 Å². The molecule has 0 N–H and O–H groups in total. The third kappa shape index (κ3) is 3.79. The molecular weight excluding hydrogens is 340 g/mol. The predicted octanol–water partition coefficient (Wildman–Crippen LogP) is 3.70. The van der Waals surface area contributed by atoms with Gasteiger partial charge < -0.3 is 14.0 Å². The summed E-state index contributed by atoms with van der Waals surface area (Å²) in [6.07, 6.45) is 8.78. The summed E-state index contributed by atoms with van der Waals surface area (Å²) in [4.78, 5) is 19.4. The lowest BCUT2D eigenvalue weighted by Crippen LogP contribution is -2.44. The highest BCUT2D eigenvalue weighted by Gasteiger charge is 2.29. The van der Waals surface area contributed by atoms with Crippen LogP contribution in [0.3, 0.4) is 0 Å². The van der Waals surface area contributed by atoms with Crippen molar-refractivity contribution in [1.82, 2.24) is 19.6 Å². The molecule has 0 aliphatic carbocycles. The minimum absolute atomic E-state index is 0.0366. The summed E-state index contributed by atoms with van der Waals surface area (Å²) in [5, 5.41) is 4.04. The van der Waals surface area contributed by atoms with Crippen LogP contribution in [0.1, 0.15) is 42.0 Å². The first kappa shape index (κ1) is 17.5. The summed E-state index contributed by atoms with van der Waals surface area (Å²) in [5.74, 6) is 1.65. The second-order valence-electron chi connectivity index (χ2n) is 7.08. The molecule has 3 heterocycles. The van der Waals surface area contributed by atoms with Crippen molar-refractivity contribution in [2.24, 2.45) is 7.05 Å². The van der Waals surface area contributed by atoms with E-state index in [0.29, 0.717) is 11.5 Å². The van der Waals surface area contributed by atoms with Gasteiger partial charge in [-0.2, -0.15) is 0 Å². The molecule has 4 rings (SSSR count). The number of rotatable bonds is 5. The first-order chi connectivity index (χ1) is 13.2. The molecule has 2 aromatic heterocycles. The van der Waals surface area contributed by atoms with Crippen molar-refractivity contribution in [1.29, 1.82) is 0 Å². The van der Waals surface area contributed by atoms with Gasteiger partial charge in [0.15, 0.2) is 11.5 Å². The summed E-state index contributed by atoms with van der Waals surface area (Å²) in [6.45, 7) is 0.775. The number of hydrogen-bond donors (Lipinski definition) is 0. The summed E-state index contributed by atoms with van der Waals surface area (Å²) < 4.78 is 7.46. The van der Waals surface area contributed by atoms with Crippen LogP contribution in [0.25, 0.3) is 11.3 Å². The summed E-state index contributed by atoms with van der Waals surface area (Å²) in [6, 6.07) is 11.7. The fourth-order valence-corrected chi connectivity index (χ4v) is 3.76. The Morgan fingerprint density at radius 2 is 2.11 bits per heavy atom. The molecule has 1 aliphatic heterocycles. The average Bonchev–Trinajstić information content (AvgIpc) is 3.36. The van der Waals surface area contributed by atoms with Gasteiger partial charge in [-0.25, -0.2) is 4.98 Å². The van der Waals surface area contributed by atoms with Gasteiger partial charge >= 0.3 is 0 Å². The molecule has 0 unspecified atom stereocenters. The highest BCUT2D eigenvalue weighted by molar-refractivity contribution is 5.93. The molecule has 140 valence electrons. The maximum absolute atomic E-state index is 13.1. The van der Waals surface area contributed by atoms with E-state index in [-0.39, 0.29) is 11.9 Å². The smallest absolute Gasteiger partial charge is 0.276 e. The van der Waals surface area contributed by atoms with E-state index >= 15 is 0 Å². The largest absolute Gasteiger partial charge is 0.355 e. The molecule has 6 heteroatoms. The third-order valence-corrected chi connectivity index (χ3v) is 5.30. The Kier molecular flexibility index (Phi) is 5.05. The van der Waals surface area contributed by atoms with Crippen LogP contribution in [0.4, 0.5) is 0 Å². The van der Waals surface area contributed by atoms with E-state index in [1.165, 1.54) is 0 Å². The fourth-order valence-electron chi connectivity index (χ4n) is 3.76. The Bertz CT molecular complexity index is 900. The van der Waals surface area contributed by atoms with Crippen LogP contribution in [-0.4, -0.2) is 38.1 Å². The fraction of sp³-hybridized carbons (Fsp3) is 0.381. The quantitative estimate of drug-likeness (QED) is 0.692. The van der Waals surface area contributed by atoms with Crippen molar-refractivity contribution >= 4 is 5.91 Å². The summed E-state index contributed by atoms with van der Waals surface area (Å²) >= 11 is 0. The van der Waals surface area contributed by atoms with Gasteiger partial charge in [0.05, 0.1) is 0 Å². The molecule has 1 saturated heterocycles. The van der Waals surface area contributed by atoms with Crippen molar-refractivity contribution < 1.29 is 9.32 Å². The van der Waals surface area contributed by atoms with Crippen molar-refractivity contribution in [3.05, 3.63) is 60.3 Å². The number of likely N-dealkylation sites (tertiary alicyclic amines) is 1. The molecule has 0 bridgehead atoms. The summed E-state index contributed by atoms with van der Waals surface area (Å²) in [7, 11) is 2.01. The number of benzene rings is 1. The lowest BCUT2D eigenvalue weighted by Gasteiger charge is -2.35. The standard InChI is InChI=1S/C21H24N4O2/c1-24-14-12-22-20(24)11-10-17-9-5-6-13-25(17)21(26)18-15-19(27-23-18)16-7-3-2-4-8-16/h2-4,7-8,12,14-15,17H,5-6,9-11,13H2,1H3/t17-/m0/s1.